The Labute approximate surface area is 131 Å². The molecule has 2 rings (SSSR count). The Morgan fingerprint density at radius 2 is 2.05 bits per heavy atom. The highest BCUT2D eigenvalue weighted by molar-refractivity contribution is 9.10. The number of nitrogens with one attached hydrogen (secondary N) is 1. The smallest absolute Gasteiger partial charge is 0.142 e. The highest BCUT2D eigenvalue weighted by atomic mass is 79.9. The second-order valence-corrected chi connectivity index (χ2v) is 5.94. The maximum Gasteiger partial charge on any atom is 0.142 e. The molecule has 0 aliphatic carbocycles. The van der Waals surface area contributed by atoms with Crippen LogP contribution in [0.4, 0.5) is 4.39 Å². The number of hydrogen-bond donors (Lipinski definition) is 2. The number of hydrogen-bond acceptors (Lipinski definition) is 2. The second-order valence-electron chi connectivity index (χ2n) is 4.68. The summed E-state index contributed by atoms with van der Waals surface area (Å²) in [6.07, 6.45) is 0.589. The summed E-state index contributed by atoms with van der Waals surface area (Å²) in [4.78, 5) is 0. The van der Waals surface area contributed by atoms with Gasteiger partial charge < -0.3 is 0 Å². The van der Waals surface area contributed by atoms with Crippen molar-refractivity contribution in [3.05, 3.63) is 68.4 Å². The minimum absolute atomic E-state index is 0.0811. The number of nitrogens with two attached hydrogens (primary N) is 1. The SMILES string of the molecule is Cc1cc(C(Cc2ccc(Cl)c(F)c2)NN)ccc1Br. The van der Waals surface area contributed by atoms with E-state index in [1.54, 1.807) is 6.07 Å². The number of rotatable bonds is 4. The molecular weight excluding hydrogens is 343 g/mol. The molecule has 0 spiro atoms. The molecule has 0 saturated carbocycles. The molecule has 1 atom stereocenters. The maximum absolute atomic E-state index is 13.5. The predicted molar refractivity (Wildman–Crippen MR) is 84.1 cm³/mol. The van der Waals surface area contributed by atoms with E-state index in [0.717, 1.165) is 21.2 Å². The topological polar surface area (TPSA) is 38.0 Å². The van der Waals surface area contributed by atoms with Crippen molar-refractivity contribution in [2.45, 2.75) is 19.4 Å². The molecule has 0 saturated heterocycles. The van der Waals surface area contributed by atoms with Gasteiger partial charge in [-0.2, -0.15) is 0 Å². The third-order valence-corrected chi connectivity index (χ3v) is 4.41. The molecule has 2 aromatic rings. The fourth-order valence-electron chi connectivity index (χ4n) is 2.06. The molecular formula is C15H15BrClFN2. The van der Waals surface area contributed by atoms with Crippen molar-refractivity contribution in [2.75, 3.05) is 0 Å². The van der Waals surface area contributed by atoms with Crippen LogP contribution in [0.25, 0.3) is 0 Å². The van der Waals surface area contributed by atoms with Crippen LogP contribution in [0, 0.1) is 12.7 Å². The van der Waals surface area contributed by atoms with E-state index in [0.29, 0.717) is 6.42 Å². The van der Waals surface area contributed by atoms with Gasteiger partial charge in [0.15, 0.2) is 0 Å². The van der Waals surface area contributed by atoms with Crippen LogP contribution in [0.1, 0.15) is 22.7 Å². The normalized spacial score (nSPS) is 12.4. The molecule has 3 N–H and O–H groups in total. The lowest BCUT2D eigenvalue weighted by Gasteiger charge is -2.17. The summed E-state index contributed by atoms with van der Waals surface area (Å²) in [5.74, 6) is 5.22. The number of hydrazine groups is 1. The molecule has 0 aliphatic rings. The summed E-state index contributed by atoms with van der Waals surface area (Å²) in [5.41, 5.74) is 5.81. The van der Waals surface area contributed by atoms with Crippen molar-refractivity contribution in [1.29, 1.82) is 0 Å². The van der Waals surface area contributed by atoms with E-state index in [9.17, 15) is 4.39 Å². The number of aryl methyl sites for hydroxylation is 1. The Morgan fingerprint density at radius 3 is 2.65 bits per heavy atom. The fourth-order valence-corrected chi connectivity index (χ4v) is 2.42. The Bertz CT molecular complexity index is 619. The third kappa shape index (κ3) is 3.58. The lowest BCUT2D eigenvalue weighted by atomic mass is 9.98. The van der Waals surface area contributed by atoms with Crippen LogP contribution in [-0.2, 0) is 6.42 Å². The van der Waals surface area contributed by atoms with Crippen LogP contribution in [0.5, 0.6) is 0 Å². The van der Waals surface area contributed by atoms with Gasteiger partial charge in [-0.15, -0.1) is 0 Å². The minimum Gasteiger partial charge on any atom is -0.271 e. The van der Waals surface area contributed by atoms with E-state index in [4.69, 9.17) is 17.4 Å². The number of halogens is 3. The van der Waals surface area contributed by atoms with Crippen molar-refractivity contribution in [2.24, 2.45) is 5.84 Å². The zero-order chi connectivity index (χ0) is 14.7. The molecule has 20 heavy (non-hydrogen) atoms. The quantitative estimate of drug-likeness (QED) is 0.632. The van der Waals surface area contributed by atoms with Crippen LogP contribution in [0.3, 0.4) is 0 Å². The van der Waals surface area contributed by atoms with Gasteiger partial charge in [-0.1, -0.05) is 45.7 Å². The zero-order valence-electron chi connectivity index (χ0n) is 11.0. The van der Waals surface area contributed by atoms with Gasteiger partial charge >= 0.3 is 0 Å². The second kappa shape index (κ2) is 6.68. The van der Waals surface area contributed by atoms with Gasteiger partial charge in [-0.05, 0) is 48.2 Å². The molecule has 0 fully saturated rings. The van der Waals surface area contributed by atoms with Crippen LogP contribution in [-0.4, -0.2) is 0 Å². The van der Waals surface area contributed by atoms with E-state index >= 15 is 0 Å². The van der Waals surface area contributed by atoms with Crippen molar-refractivity contribution in [1.82, 2.24) is 5.43 Å². The lowest BCUT2D eigenvalue weighted by Crippen LogP contribution is -2.29. The minimum atomic E-state index is -0.410. The third-order valence-electron chi connectivity index (χ3n) is 3.21. The van der Waals surface area contributed by atoms with Crippen molar-refractivity contribution in [3.8, 4) is 0 Å². The Hall–Kier alpha value is -0.940. The first kappa shape index (κ1) is 15.4. The van der Waals surface area contributed by atoms with E-state index in [1.165, 1.54) is 6.07 Å². The van der Waals surface area contributed by atoms with Gasteiger partial charge in [0.25, 0.3) is 0 Å². The molecule has 0 radical (unpaired) electrons. The van der Waals surface area contributed by atoms with Crippen LogP contribution >= 0.6 is 27.5 Å². The Morgan fingerprint density at radius 1 is 1.30 bits per heavy atom. The number of benzene rings is 2. The van der Waals surface area contributed by atoms with Crippen molar-refractivity contribution < 1.29 is 4.39 Å². The molecule has 2 nitrogen and oxygen atoms in total. The maximum atomic E-state index is 13.5. The van der Waals surface area contributed by atoms with E-state index in [-0.39, 0.29) is 11.1 Å². The predicted octanol–water partition coefficient (Wildman–Crippen LogP) is 4.30. The summed E-state index contributed by atoms with van der Waals surface area (Å²) in [6.45, 7) is 2.02. The van der Waals surface area contributed by atoms with Gasteiger partial charge in [0.05, 0.1) is 5.02 Å². The standard InChI is InChI=1S/C15H15BrClFN2/c1-9-6-11(3-4-12(9)16)15(20-19)8-10-2-5-13(17)14(18)7-10/h2-7,15,20H,8,19H2,1H3. The Kier molecular flexibility index (Phi) is 5.16. The first-order valence-electron chi connectivity index (χ1n) is 6.17. The molecule has 0 heterocycles. The van der Waals surface area contributed by atoms with E-state index in [1.807, 2.05) is 25.1 Å². The zero-order valence-corrected chi connectivity index (χ0v) is 13.3. The molecule has 0 amide bonds. The van der Waals surface area contributed by atoms with E-state index in [2.05, 4.69) is 27.4 Å². The van der Waals surface area contributed by atoms with Crippen molar-refractivity contribution in [3.63, 3.8) is 0 Å². The average molecular weight is 358 g/mol. The molecule has 0 bridgehead atoms. The summed E-state index contributed by atoms with van der Waals surface area (Å²) < 4.78 is 14.5. The summed E-state index contributed by atoms with van der Waals surface area (Å²) in [6, 6.07) is 10.8. The van der Waals surface area contributed by atoms with Crippen LogP contribution in [0.2, 0.25) is 5.02 Å². The van der Waals surface area contributed by atoms with Gasteiger partial charge in [0.1, 0.15) is 5.82 Å². The van der Waals surface area contributed by atoms with Gasteiger partial charge in [0, 0.05) is 10.5 Å². The van der Waals surface area contributed by atoms with Gasteiger partial charge in [-0.25, -0.2) is 4.39 Å². The van der Waals surface area contributed by atoms with Crippen LogP contribution < -0.4 is 11.3 Å². The van der Waals surface area contributed by atoms with Crippen molar-refractivity contribution >= 4 is 27.5 Å². The summed E-state index contributed by atoms with van der Waals surface area (Å²) in [5, 5.41) is 0.130. The average Bonchev–Trinajstić information content (AvgIpc) is 2.43. The molecule has 2 aromatic carbocycles. The summed E-state index contributed by atoms with van der Waals surface area (Å²) in [7, 11) is 0. The first-order chi connectivity index (χ1) is 9.51. The lowest BCUT2D eigenvalue weighted by molar-refractivity contribution is 0.548. The monoisotopic (exact) mass is 356 g/mol. The molecule has 106 valence electrons. The van der Waals surface area contributed by atoms with Gasteiger partial charge in [0.2, 0.25) is 0 Å². The largest absolute Gasteiger partial charge is 0.271 e. The fraction of sp³-hybridized carbons (Fsp3) is 0.200. The van der Waals surface area contributed by atoms with E-state index < -0.39 is 5.82 Å². The molecule has 5 heteroatoms. The highest BCUT2D eigenvalue weighted by Gasteiger charge is 2.12. The summed E-state index contributed by atoms with van der Waals surface area (Å²) >= 11 is 9.15. The van der Waals surface area contributed by atoms with Crippen LogP contribution in [0.15, 0.2) is 40.9 Å². The molecule has 0 aromatic heterocycles. The molecule has 0 aliphatic heterocycles. The Balaban J connectivity index is 2.23. The first-order valence-corrected chi connectivity index (χ1v) is 7.34. The molecule has 1 unspecified atom stereocenters. The highest BCUT2D eigenvalue weighted by Crippen LogP contribution is 2.24. The van der Waals surface area contributed by atoms with Gasteiger partial charge in [-0.3, -0.25) is 11.3 Å².